The Morgan fingerprint density at radius 2 is 1.88 bits per heavy atom. The van der Waals surface area contributed by atoms with E-state index in [1.54, 1.807) is 19.1 Å². The highest BCUT2D eigenvalue weighted by Gasteiger charge is 2.14. The third-order valence-electron chi connectivity index (χ3n) is 3.56. The predicted octanol–water partition coefficient (Wildman–Crippen LogP) is 3.62. The van der Waals surface area contributed by atoms with E-state index in [1.165, 1.54) is 0 Å². The monoisotopic (exact) mass is 366 g/mol. The van der Waals surface area contributed by atoms with E-state index < -0.39 is 17.5 Å². The summed E-state index contributed by atoms with van der Waals surface area (Å²) in [6, 6.07) is 9.56. The Hall–Kier alpha value is -2.47. The number of hydrogen-bond donors (Lipinski definition) is 2. The summed E-state index contributed by atoms with van der Waals surface area (Å²) in [7, 11) is 0. The number of nitrogens with one attached hydrogen (secondary N) is 2. The van der Waals surface area contributed by atoms with Crippen LogP contribution in [0.5, 0.6) is 0 Å². The van der Waals surface area contributed by atoms with Gasteiger partial charge in [0.2, 0.25) is 5.91 Å². The van der Waals surface area contributed by atoms with Gasteiger partial charge in [0, 0.05) is 24.1 Å². The van der Waals surface area contributed by atoms with E-state index in [9.17, 15) is 18.4 Å². The van der Waals surface area contributed by atoms with E-state index >= 15 is 0 Å². The van der Waals surface area contributed by atoms with Crippen LogP contribution in [-0.2, 0) is 4.79 Å². The van der Waals surface area contributed by atoms with Crippen molar-refractivity contribution in [3.8, 4) is 0 Å². The zero-order valence-electron chi connectivity index (χ0n) is 13.5. The van der Waals surface area contributed by atoms with E-state index in [2.05, 4.69) is 10.6 Å². The summed E-state index contributed by atoms with van der Waals surface area (Å²) < 4.78 is 26.3. The molecule has 7 heteroatoms. The van der Waals surface area contributed by atoms with E-state index in [0.717, 1.165) is 17.7 Å². The molecule has 1 atom stereocenters. The second kappa shape index (κ2) is 8.58. The molecule has 0 aliphatic carbocycles. The largest absolute Gasteiger partial charge is 0.351 e. The molecule has 0 aliphatic rings. The lowest BCUT2D eigenvalue weighted by Gasteiger charge is -2.15. The smallest absolute Gasteiger partial charge is 0.254 e. The summed E-state index contributed by atoms with van der Waals surface area (Å²) in [4.78, 5) is 23.8. The molecule has 2 N–H and O–H groups in total. The zero-order chi connectivity index (χ0) is 18.4. The lowest BCUT2D eigenvalue weighted by molar-refractivity contribution is -0.121. The first-order chi connectivity index (χ1) is 11.9. The van der Waals surface area contributed by atoms with Crippen molar-refractivity contribution in [1.82, 2.24) is 10.6 Å². The molecule has 25 heavy (non-hydrogen) atoms. The molecule has 0 saturated heterocycles. The Labute approximate surface area is 149 Å². The molecule has 0 aliphatic heterocycles. The van der Waals surface area contributed by atoms with Crippen LogP contribution in [0, 0.1) is 11.6 Å². The van der Waals surface area contributed by atoms with Crippen LogP contribution in [-0.4, -0.2) is 18.4 Å². The second-order valence-electron chi connectivity index (χ2n) is 5.44. The summed E-state index contributed by atoms with van der Waals surface area (Å²) >= 11 is 6.07. The first kappa shape index (κ1) is 18.9. The zero-order valence-corrected chi connectivity index (χ0v) is 14.2. The van der Waals surface area contributed by atoms with E-state index in [0.29, 0.717) is 11.1 Å². The first-order valence-electron chi connectivity index (χ1n) is 7.65. The fourth-order valence-electron chi connectivity index (χ4n) is 2.28. The van der Waals surface area contributed by atoms with Gasteiger partial charge in [0.25, 0.3) is 5.91 Å². The molecule has 0 spiro atoms. The predicted molar refractivity (Wildman–Crippen MR) is 91.3 cm³/mol. The van der Waals surface area contributed by atoms with Gasteiger partial charge < -0.3 is 10.6 Å². The molecule has 2 amide bonds. The quantitative estimate of drug-likeness (QED) is 0.820. The van der Waals surface area contributed by atoms with Crippen molar-refractivity contribution in [3.63, 3.8) is 0 Å². The molecular formula is C18H17ClF2N2O2. The summed E-state index contributed by atoms with van der Waals surface area (Å²) in [5, 5.41) is 5.75. The minimum absolute atomic E-state index is 0.0172. The van der Waals surface area contributed by atoms with Gasteiger partial charge in [-0.05, 0) is 30.7 Å². The van der Waals surface area contributed by atoms with E-state index in [4.69, 9.17) is 11.6 Å². The molecule has 0 aromatic heterocycles. The van der Waals surface area contributed by atoms with Gasteiger partial charge in [-0.25, -0.2) is 8.78 Å². The van der Waals surface area contributed by atoms with Gasteiger partial charge in [-0.1, -0.05) is 29.8 Å². The van der Waals surface area contributed by atoms with Crippen molar-refractivity contribution in [1.29, 1.82) is 0 Å². The minimum Gasteiger partial charge on any atom is -0.351 e. The number of carbonyl (C=O) groups is 2. The van der Waals surface area contributed by atoms with Crippen molar-refractivity contribution in [2.24, 2.45) is 0 Å². The van der Waals surface area contributed by atoms with Crippen LogP contribution in [0.1, 0.15) is 35.3 Å². The molecule has 0 bridgehead atoms. The number of rotatable bonds is 6. The molecule has 0 saturated carbocycles. The number of benzene rings is 2. The first-order valence-corrected chi connectivity index (χ1v) is 8.03. The van der Waals surface area contributed by atoms with Crippen molar-refractivity contribution >= 4 is 23.4 Å². The maximum absolute atomic E-state index is 13.5. The lowest BCUT2D eigenvalue weighted by atomic mass is 10.1. The fourth-order valence-corrected chi connectivity index (χ4v) is 2.58. The Morgan fingerprint density at radius 1 is 1.16 bits per heavy atom. The molecule has 132 valence electrons. The minimum atomic E-state index is -0.950. The summed E-state index contributed by atoms with van der Waals surface area (Å²) in [6.07, 6.45) is 0.0172. The molecule has 4 nitrogen and oxygen atoms in total. The van der Waals surface area contributed by atoms with Crippen molar-refractivity contribution in [2.45, 2.75) is 19.4 Å². The molecule has 0 heterocycles. The van der Waals surface area contributed by atoms with Crippen LogP contribution in [0.15, 0.2) is 42.5 Å². The molecule has 2 rings (SSSR count). The molecule has 0 radical (unpaired) electrons. The average Bonchev–Trinajstić information content (AvgIpc) is 2.54. The average molecular weight is 367 g/mol. The van der Waals surface area contributed by atoms with Gasteiger partial charge in [0.1, 0.15) is 11.6 Å². The van der Waals surface area contributed by atoms with Crippen LogP contribution >= 0.6 is 11.6 Å². The summed E-state index contributed by atoms with van der Waals surface area (Å²) in [5.41, 5.74) is 0.515. The molecule has 2 aromatic rings. The highest BCUT2D eigenvalue weighted by Crippen LogP contribution is 2.22. The van der Waals surface area contributed by atoms with Crippen molar-refractivity contribution in [2.75, 3.05) is 6.54 Å². The van der Waals surface area contributed by atoms with Gasteiger partial charge >= 0.3 is 0 Å². The molecule has 2 aromatic carbocycles. The van der Waals surface area contributed by atoms with E-state index in [1.807, 2.05) is 12.1 Å². The van der Waals surface area contributed by atoms with Crippen molar-refractivity contribution < 1.29 is 18.4 Å². The lowest BCUT2D eigenvalue weighted by Crippen LogP contribution is -2.32. The standard InChI is InChI=1S/C18H17ClF2N2O2/c1-11(13-4-2-3-5-15(13)19)23-17(24)8-9-22-18(25)14-7-6-12(20)10-16(14)21/h2-7,10-11H,8-9H2,1H3,(H,22,25)(H,23,24). The normalized spacial score (nSPS) is 11.7. The number of hydrogen-bond acceptors (Lipinski definition) is 2. The number of carbonyl (C=O) groups excluding carboxylic acids is 2. The van der Waals surface area contributed by atoms with Gasteiger partial charge in [0.15, 0.2) is 0 Å². The Morgan fingerprint density at radius 3 is 2.56 bits per heavy atom. The number of halogens is 3. The second-order valence-corrected chi connectivity index (χ2v) is 5.85. The van der Waals surface area contributed by atoms with Crippen LogP contribution in [0.2, 0.25) is 5.02 Å². The van der Waals surface area contributed by atoms with Gasteiger partial charge in [-0.3, -0.25) is 9.59 Å². The summed E-state index contributed by atoms with van der Waals surface area (Å²) in [5.74, 6) is -2.70. The summed E-state index contributed by atoms with van der Waals surface area (Å²) in [6.45, 7) is 1.82. The van der Waals surface area contributed by atoms with Crippen LogP contribution in [0.4, 0.5) is 8.78 Å². The van der Waals surface area contributed by atoms with Crippen LogP contribution < -0.4 is 10.6 Å². The topological polar surface area (TPSA) is 58.2 Å². The Bertz CT molecular complexity index is 783. The van der Waals surface area contributed by atoms with Gasteiger partial charge in [-0.2, -0.15) is 0 Å². The Balaban J connectivity index is 1.82. The molecule has 0 fully saturated rings. The van der Waals surface area contributed by atoms with Gasteiger partial charge in [-0.15, -0.1) is 0 Å². The maximum atomic E-state index is 13.5. The Kier molecular flexibility index (Phi) is 6.47. The molecule has 1 unspecified atom stereocenters. The maximum Gasteiger partial charge on any atom is 0.254 e. The number of amides is 2. The third-order valence-corrected chi connectivity index (χ3v) is 3.91. The van der Waals surface area contributed by atoms with Crippen molar-refractivity contribution in [3.05, 3.63) is 70.2 Å². The SMILES string of the molecule is CC(NC(=O)CCNC(=O)c1ccc(F)cc1F)c1ccccc1Cl. The third kappa shape index (κ3) is 5.26. The van der Waals surface area contributed by atoms with E-state index in [-0.39, 0.29) is 30.5 Å². The highest BCUT2D eigenvalue weighted by atomic mass is 35.5. The van der Waals surface area contributed by atoms with Crippen LogP contribution in [0.3, 0.4) is 0 Å². The van der Waals surface area contributed by atoms with Gasteiger partial charge in [0.05, 0.1) is 11.6 Å². The highest BCUT2D eigenvalue weighted by molar-refractivity contribution is 6.31. The molecular weight excluding hydrogens is 350 g/mol. The van der Waals surface area contributed by atoms with Crippen LogP contribution in [0.25, 0.3) is 0 Å². The fraction of sp³-hybridized carbons (Fsp3) is 0.222.